The number of benzene rings is 1. The van der Waals surface area contributed by atoms with Crippen LogP contribution in [0.4, 0.5) is 5.82 Å². The molecule has 200 valence electrons. The van der Waals surface area contributed by atoms with Gasteiger partial charge in [-0.1, -0.05) is 17.7 Å². The molecule has 2 aliphatic rings. The minimum absolute atomic E-state index is 0.0759. The van der Waals surface area contributed by atoms with E-state index in [0.717, 1.165) is 54.0 Å². The van der Waals surface area contributed by atoms with Crippen molar-refractivity contribution < 1.29 is 13.2 Å². The second-order valence-electron chi connectivity index (χ2n) is 10.2. The summed E-state index contributed by atoms with van der Waals surface area (Å²) in [7, 11) is -3.56. The fourth-order valence-electron chi connectivity index (χ4n) is 4.88. The van der Waals surface area contributed by atoms with Crippen LogP contribution >= 0.6 is 11.6 Å². The number of fused-ring (bicyclic) bond motifs is 1. The van der Waals surface area contributed by atoms with E-state index >= 15 is 0 Å². The third-order valence-corrected chi connectivity index (χ3v) is 8.78. The van der Waals surface area contributed by atoms with Gasteiger partial charge in [0.2, 0.25) is 0 Å². The van der Waals surface area contributed by atoms with Crippen molar-refractivity contribution in [2.75, 3.05) is 30.8 Å². The molecule has 6 rings (SSSR count). The van der Waals surface area contributed by atoms with E-state index in [1.165, 1.54) is 31.0 Å². The largest absolute Gasteiger partial charge is 0.353 e. The number of carbonyl (C=O) groups is 1. The lowest BCUT2D eigenvalue weighted by molar-refractivity contribution is 0.0950. The third kappa shape index (κ3) is 5.45. The summed E-state index contributed by atoms with van der Waals surface area (Å²) in [6.07, 6.45) is 5.20. The second kappa shape index (κ2) is 9.86. The van der Waals surface area contributed by atoms with Crippen LogP contribution in [-0.4, -0.2) is 60.7 Å². The SMILES string of the molecule is CS(=O)(=O)c1cc(C(=O)NCc2cc3nc(-c4cccc(N5CCNC6(CC6)C5)n4)ccc3cn2)ccc1Cl. The van der Waals surface area contributed by atoms with Crippen LogP contribution in [0.3, 0.4) is 0 Å². The molecule has 0 bridgehead atoms. The highest BCUT2D eigenvalue weighted by molar-refractivity contribution is 7.90. The molecule has 1 spiro atoms. The molecule has 4 aromatic rings. The molecule has 1 aliphatic heterocycles. The van der Waals surface area contributed by atoms with Crippen LogP contribution in [0.2, 0.25) is 5.02 Å². The Balaban J connectivity index is 1.20. The molecule has 1 saturated heterocycles. The summed E-state index contributed by atoms with van der Waals surface area (Å²) < 4.78 is 23.9. The quantitative estimate of drug-likeness (QED) is 0.366. The first kappa shape index (κ1) is 25.7. The minimum Gasteiger partial charge on any atom is -0.353 e. The van der Waals surface area contributed by atoms with E-state index in [1.54, 1.807) is 6.20 Å². The zero-order valence-electron chi connectivity index (χ0n) is 21.3. The number of nitrogens with one attached hydrogen (secondary N) is 2. The van der Waals surface area contributed by atoms with Gasteiger partial charge in [-0.15, -0.1) is 0 Å². The van der Waals surface area contributed by atoms with Gasteiger partial charge in [0, 0.05) is 48.6 Å². The predicted octanol–water partition coefficient (Wildman–Crippen LogP) is 3.62. The van der Waals surface area contributed by atoms with Crippen LogP contribution in [0.15, 0.2) is 65.7 Å². The topological polar surface area (TPSA) is 117 Å². The molecule has 1 aliphatic carbocycles. The minimum atomic E-state index is -3.56. The van der Waals surface area contributed by atoms with Gasteiger partial charge < -0.3 is 15.5 Å². The van der Waals surface area contributed by atoms with E-state index in [0.29, 0.717) is 5.69 Å². The number of amides is 1. The highest BCUT2D eigenvalue weighted by Gasteiger charge is 2.45. The van der Waals surface area contributed by atoms with Crippen LogP contribution < -0.4 is 15.5 Å². The average Bonchev–Trinajstić information content (AvgIpc) is 3.68. The molecule has 0 unspecified atom stereocenters. The highest BCUT2D eigenvalue weighted by atomic mass is 35.5. The Morgan fingerprint density at radius 3 is 2.72 bits per heavy atom. The van der Waals surface area contributed by atoms with Gasteiger partial charge in [0.05, 0.1) is 39.1 Å². The third-order valence-electron chi connectivity index (χ3n) is 7.20. The van der Waals surface area contributed by atoms with Crippen molar-refractivity contribution in [2.45, 2.75) is 29.8 Å². The van der Waals surface area contributed by atoms with Gasteiger partial charge in [-0.05, 0) is 61.4 Å². The number of piperazine rings is 1. The molecule has 4 heterocycles. The van der Waals surface area contributed by atoms with Gasteiger partial charge in [-0.25, -0.2) is 18.4 Å². The Kier molecular flexibility index (Phi) is 6.49. The summed E-state index contributed by atoms with van der Waals surface area (Å²) >= 11 is 6.00. The number of rotatable bonds is 6. The smallest absolute Gasteiger partial charge is 0.251 e. The maximum atomic E-state index is 12.7. The van der Waals surface area contributed by atoms with Crippen LogP contribution in [0, 0.1) is 0 Å². The van der Waals surface area contributed by atoms with Crippen molar-refractivity contribution in [1.82, 2.24) is 25.6 Å². The van der Waals surface area contributed by atoms with Gasteiger partial charge >= 0.3 is 0 Å². The van der Waals surface area contributed by atoms with Gasteiger partial charge in [-0.2, -0.15) is 0 Å². The van der Waals surface area contributed by atoms with Gasteiger partial charge in [-0.3, -0.25) is 9.78 Å². The molecule has 1 saturated carbocycles. The van der Waals surface area contributed by atoms with E-state index in [9.17, 15) is 13.2 Å². The van der Waals surface area contributed by atoms with E-state index < -0.39 is 15.7 Å². The first-order valence-electron chi connectivity index (χ1n) is 12.7. The molecule has 0 atom stereocenters. The molecule has 11 heteroatoms. The first-order valence-corrected chi connectivity index (χ1v) is 15.0. The molecular formula is C28H27ClN6O3S. The van der Waals surface area contributed by atoms with Crippen LogP contribution in [-0.2, 0) is 16.4 Å². The summed E-state index contributed by atoms with van der Waals surface area (Å²) in [5.74, 6) is 0.531. The number of anilines is 1. The second-order valence-corrected chi connectivity index (χ2v) is 12.6. The summed E-state index contributed by atoms with van der Waals surface area (Å²) in [6, 6.07) is 15.9. The maximum Gasteiger partial charge on any atom is 0.251 e. The van der Waals surface area contributed by atoms with Crippen molar-refractivity contribution in [1.29, 1.82) is 0 Å². The van der Waals surface area contributed by atoms with E-state index in [4.69, 9.17) is 21.6 Å². The fourth-order valence-corrected chi connectivity index (χ4v) is 6.18. The Morgan fingerprint density at radius 1 is 1.10 bits per heavy atom. The van der Waals surface area contributed by atoms with Crippen molar-refractivity contribution in [2.24, 2.45) is 0 Å². The summed E-state index contributed by atoms with van der Waals surface area (Å²) in [5, 5.41) is 7.37. The molecule has 3 aromatic heterocycles. The molecule has 9 nitrogen and oxygen atoms in total. The first-order chi connectivity index (χ1) is 18.7. The Hall–Kier alpha value is -3.60. The van der Waals surface area contributed by atoms with E-state index in [-0.39, 0.29) is 27.6 Å². The summed E-state index contributed by atoms with van der Waals surface area (Å²) in [5.41, 5.74) is 3.38. The Bertz CT molecular complexity index is 1710. The Morgan fingerprint density at radius 2 is 1.92 bits per heavy atom. The molecular weight excluding hydrogens is 536 g/mol. The molecule has 2 N–H and O–H groups in total. The number of carbonyl (C=O) groups excluding carboxylic acids is 1. The molecule has 0 radical (unpaired) electrons. The van der Waals surface area contributed by atoms with Gasteiger partial charge in [0.1, 0.15) is 5.82 Å². The number of halogens is 1. The maximum absolute atomic E-state index is 12.7. The molecule has 1 aromatic carbocycles. The fraction of sp³-hybridized carbons (Fsp3) is 0.286. The van der Waals surface area contributed by atoms with Crippen molar-refractivity contribution >= 4 is 44.1 Å². The van der Waals surface area contributed by atoms with Crippen molar-refractivity contribution in [3.63, 3.8) is 0 Å². The summed E-state index contributed by atoms with van der Waals surface area (Å²) in [6.45, 7) is 3.01. The van der Waals surface area contributed by atoms with Crippen molar-refractivity contribution in [3.05, 3.63) is 77.1 Å². The Labute approximate surface area is 231 Å². The van der Waals surface area contributed by atoms with E-state index in [2.05, 4.69) is 26.6 Å². The average molecular weight is 563 g/mol. The van der Waals surface area contributed by atoms with Crippen molar-refractivity contribution in [3.8, 4) is 11.4 Å². The summed E-state index contributed by atoms with van der Waals surface area (Å²) in [4.78, 5) is 29.2. The van der Waals surface area contributed by atoms with Crippen LogP contribution in [0.5, 0.6) is 0 Å². The number of nitrogens with zero attached hydrogens (tertiary/aromatic N) is 4. The van der Waals surface area contributed by atoms with Gasteiger partial charge in [0.25, 0.3) is 5.91 Å². The lowest BCUT2D eigenvalue weighted by Crippen LogP contribution is -2.52. The zero-order valence-corrected chi connectivity index (χ0v) is 22.9. The molecule has 2 fully saturated rings. The number of pyridine rings is 3. The normalized spacial score (nSPS) is 16.4. The number of sulfone groups is 1. The number of hydrogen-bond acceptors (Lipinski definition) is 8. The van der Waals surface area contributed by atoms with Crippen LogP contribution in [0.25, 0.3) is 22.3 Å². The number of hydrogen-bond donors (Lipinski definition) is 2. The molecule has 1 amide bonds. The zero-order chi connectivity index (χ0) is 27.2. The van der Waals surface area contributed by atoms with Gasteiger partial charge in [0.15, 0.2) is 9.84 Å². The highest BCUT2D eigenvalue weighted by Crippen LogP contribution is 2.38. The standard InChI is InChI=1S/C28H27ClN6O3S/c1-39(37,38)25-13-18(5-7-21(25)29)27(36)31-16-20-14-24-19(15-30-20)6-8-23(33-24)22-3-2-4-26(34-22)35-12-11-32-28(17-35)9-10-28/h2-8,13-15,32H,9-12,16-17H2,1H3,(H,31,36). The van der Waals surface area contributed by atoms with E-state index in [1.807, 2.05) is 30.3 Å². The van der Waals surface area contributed by atoms with Crippen LogP contribution in [0.1, 0.15) is 28.9 Å². The lowest BCUT2D eigenvalue weighted by Gasteiger charge is -2.35. The lowest BCUT2D eigenvalue weighted by atomic mass is 10.1. The monoisotopic (exact) mass is 562 g/mol. The number of aromatic nitrogens is 3. The predicted molar refractivity (Wildman–Crippen MR) is 151 cm³/mol. The molecule has 39 heavy (non-hydrogen) atoms.